The van der Waals surface area contributed by atoms with Gasteiger partial charge in [0.1, 0.15) is 0 Å². The summed E-state index contributed by atoms with van der Waals surface area (Å²) in [6.45, 7) is 1.09. The first-order chi connectivity index (χ1) is 9.16. The fourth-order valence-corrected chi connectivity index (χ4v) is 1.94. The zero-order chi connectivity index (χ0) is 13.7. The molecule has 1 aliphatic rings. The largest absolute Gasteiger partial charge is 0.479 e. The van der Waals surface area contributed by atoms with Gasteiger partial charge in [-0.2, -0.15) is 0 Å². The van der Waals surface area contributed by atoms with Gasteiger partial charge < -0.3 is 20.5 Å². The van der Waals surface area contributed by atoms with Crippen molar-refractivity contribution in [3.8, 4) is 0 Å². The molecule has 19 heavy (non-hydrogen) atoms. The lowest BCUT2D eigenvalue weighted by Crippen LogP contribution is -2.45. The van der Waals surface area contributed by atoms with E-state index in [-0.39, 0.29) is 6.04 Å². The van der Waals surface area contributed by atoms with Crippen molar-refractivity contribution in [2.24, 2.45) is 0 Å². The first kappa shape index (κ1) is 13.4. The number of carboxylic acid groups (broad SMARTS) is 1. The number of carbonyl (C=O) groups is 2. The third-order valence-corrected chi connectivity index (χ3v) is 2.92. The summed E-state index contributed by atoms with van der Waals surface area (Å²) in [5.74, 6) is -1.09. The second kappa shape index (κ2) is 6.19. The van der Waals surface area contributed by atoms with Gasteiger partial charge in [-0.25, -0.2) is 9.59 Å². The Morgan fingerprint density at radius 3 is 2.63 bits per heavy atom. The highest BCUT2D eigenvalue weighted by Gasteiger charge is 2.24. The number of amides is 2. The Bertz CT molecular complexity index is 443. The van der Waals surface area contributed by atoms with Crippen LogP contribution >= 0.6 is 0 Å². The molecule has 0 bridgehead atoms. The Balaban J connectivity index is 1.97. The highest BCUT2D eigenvalue weighted by Crippen LogP contribution is 2.12. The first-order valence-electron chi connectivity index (χ1n) is 6.09. The van der Waals surface area contributed by atoms with Crippen molar-refractivity contribution in [1.82, 2.24) is 10.6 Å². The molecule has 1 saturated heterocycles. The first-order valence-corrected chi connectivity index (χ1v) is 6.09. The molecule has 3 N–H and O–H groups in total. The normalized spacial score (nSPS) is 19.7. The average Bonchev–Trinajstić information content (AvgIpc) is 2.89. The van der Waals surface area contributed by atoms with Crippen molar-refractivity contribution >= 4 is 12.0 Å². The van der Waals surface area contributed by atoms with Gasteiger partial charge >= 0.3 is 12.0 Å². The third kappa shape index (κ3) is 3.69. The zero-order valence-electron chi connectivity index (χ0n) is 10.3. The maximum Gasteiger partial charge on any atom is 0.330 e. The fraction of sp³-hybridized carbons (Fsp3) is 0.385. The molecule has 2 amide bonds. The summed E-state index contributed by atoms with van der Waals surface area (Å²) in [5.41, 5.74) is 0.535. The molecule has 0 aliphatic carbocycles. The van der Waals surface area contributed by atoms with Crippen LogP contribution in [0.3, 0.4) is 0 Å². The Morgan fingerprint density at radius 2 is 2.05 bits per heavy atom. The number of hydrogen-bond donors (Lipinski definition) is 3. The molecule has 0 spiro atoms. The van der Waals surface area contributed by atoms with Crippen LogP contribution in [0, 0.1) is 0 Å². The molecule has 0 saturated carbocycles. The number of benzene rings is 1. The number of carbonyl (C=O) groups excluding carboxylic acids is 1. The minimum Gasteiger partial charge on any atom is -0.479 e. The van der Waals surface area contributed by atoms with Crippen molar-refractivity contribution in [2.45, 2.75) is 18.5 Å². The molecule has 2 unspecified atom stereocenters. The standard InChI is InChI=1S/C13H16N2O4/c16-12(17)11(9-4-2-1-3-5-9)15-13(18)14-10-6-7-19-8-10/h1-5,10-11H,6-8H2,(H,16,17)(H2,14,15,18). The van der Waals surface area contributed by atoms with E-state index in [1.807, 2.05) is 0 Å². The topological polar surface area (TPSA) is 87.7 Å². The maximum absolute atomic E-state index is 11.7. The quantitative estimate of drug-likeness (QED) is 0.754. The lowest BCUT2D eigenvalue weighted by Gasteiger charge is -2.17. The Hall–Kier alpha value is -2.08. The van der Waals surface area contributed by atoms with Crippen LogP contribution in [0.2, 0.25) is 0 Å². The van der Waals surface area contributed by atoms with E-state index in [1.165, 1.54) is 0 Å². The van der Waals surface area contributed by atoms with Gasteiger partial charge in [0.05, 0.1) is 12.6 Å². The lowest BCUT2D eigenvalue weighted by atomic mass is 10.1. The summed E-state index contributed by atoms with van der Waals surface area (Å²) < 4.78 is 5.14. The second-order valence-electron chi connectivity index (χ2n) is 4.36. The van der Waals surface area contributed by atoms with Gasteiger partial charge in [-0.15, -0.1) is 0 Å². The molecule has 1 aliphatic heterocycles. The van der Waals surface area contributed by atoms with E-state index < -0.39 is 18.0 Å². The van der Waals surface area contributed by atoms with E-state index in [9.17, 15) is 9.59 Å². The minimum atomic E-state index is -1.09. The Kier molecular flexibility index (Phi) is 4.35. The molecule has 6 heteroatoms. The average molecular weight is 264 g/mol. The van der Waals surface area contributed by atoms with E-state index in [2.05, 4.69) is 10.6 Å². The number of aliphatic carboxylic acids is 1. The molecule has 1 fully saturated rings. The fourth-order valence-electron chi connectivity index (χ4n) is 1.94. The molecule has 0 aromatic heterocycles. The number of ether oxygens (including phenoxy) is 1. The van der Waals surface area contributed by atoms with Gasteiger partial charge in [-0.1, -0.05) is 30.3 Å². The van der Waals surface area contributed by atoms with Crippen molar-refractivity contribution < 1.29 is 19.4 Å². The van der Waals surface area contributed by atoms with Crippen LogP contribution in [0.1, 0.15) is 18.0 Å². The van der Waals surface area contributed by atoms with E-state index >= 15 is 0 Å². The van der Waals surface area contributed by atoms with Gasteiger partial charge in [0.2, 0.25) is 0 Å². The molecule has 0 radical (unpaired) electrons. The molecular formula is C13H16N2O4. The molecule has 1 heterocycles. The number of rotatable bonds is 4. The molecular weight excluding hydrogens is 248 g/mol. The van der Waals surface area contributed by atoms with Crippen molar-refractivity contribution in [1.29, 1.82) is 0 Å². The summed E-state index contributed by atoms with van der Waals surface area (Å²) in [6.07, 6.45) is 0.747. The van der Waals surface area contributed by atoms with Crippen LogP contribution in [0.25, 0.3) is 0 Å². The van der Waals surface area contributed by atoms with Crippen LogP contribution < -0.4 is 10.6 Å². The van der Waals surface area contributed by atoms with Crippen molar-refractivity contribution in [3.05, 3.63) is 35.9 Å². The SMILES string of the molecule is O=C(NC1CCOC1)NC(C(=O)O)c1ccccc1. The minimum absolute atomic E-state index is 0.0507. The maximum atomic E-state index is 11.7. The molecule has 2 rings (SSSR count). The number of nitrogens with one attached hydrogen (secondary N) is 2. The van der Waals surface area contributed by atoms with Gasteiger partial charge in [-0.05, 0) is 12.0 Å². The molecule has 102 valence electrons. The monoisotopic (exact) mass is 264 g/mol. The number of hydrogen-bond acceptors (Lipinski definition) is 3. The smallest absolute Gasteiger partial charge is 0.330 e. The van der Waals surface area contributed by atoms with Crippen molar-refractivity contribution in [2.75, 3.05) is 13.2 Å². The van der Waals surface area contributed by atoms with Crippen LogP contribution in [0.15, 0.2) is 30.3 Å². The highest BCUT2D eigenvalue weighted by molar-refractivity contribution is 5.83. The predicted octanol–water partition coefficient (Wildman–Crippen LogP) is 0.900. The predicted molar refractivity (Wildman–Crippen MR) is 67.7 cm³/mol. The van der Waals surface area contributed by atoms with Gasteiger partial charge in [0.25, 0.3) is 0 Å². The van der Waals surface area contributed by atoms with E-state index in [0.29, 0.717) is 18.8 Å². The highest BCUT2D eigenvalue weighted by atomic mass is 16.5. The molecule has 1 aromatic carbocycles. The summed E-state index contributed by atoms with van der Waals surface area (Å²) in [5, 5.41) is 14.3. The molecule has 2 atom stereocenters. The van der Waals surface area contributed by atoms with E-state index in [0.717, 1.165) is 6.42 Å². The van der Waals surface area contributed by atoms with Crippen LogP contribution in [-0.2, 0) is 9.53 Å². The number of urea groups is 1. The van der Waals surface area contributed by atoms with Gasteiger partial charge in [-0.3, -0.25) is 0 Å². The van der Waals surface area contributed by atoms with Crippen LogP contribution in [0.4, 0.5) is 4.79 Å². The zero-order valence-corrected chi connectivity index (χ0v) is 10.3. The van der Waals surface area contributed by atoms with Gasteiger partial charge in [0, 0.05) is 6.61 Å². The van der Waals surface area contributed by atoms with E-state index in [1.54, 1.807) is 30.3 Å². The summed E-state index contributed by atoms with van der Waals surface area (Å²) in [6, 6.07) is 6.99. The summed E-state index contributed by atoms with van der Waals surface area (Å²) in [4.78, 5) is 23.0. The summed E-state index contributed by atoms with van der Waals surface area (Å²) in [7, 11) is 0. The van der Waals surface area contributed by atoms with E-state index in [4.69, 9.17) is 9.84 Å². The molecule has 6 nitrogen and oxygen atoms in total. The lowest BCUT2D eigenvalue weighted by molar-refractivity contribution is -0.139. The third-order valence-electron chi connectivity index (χ3n) is 2.92. The Labute approximate surface area is 110 Å². The summed E-state index contributed by atoms with van der Waals surface area (Å²) >= 11 is 0. The number of carboxylic acids is 1. The molecule has 1 aromatic rings. The Morgan fingerprint density at radius 1 is 1.32 bits per heavy atom. The van der Waals surface area contributed by atoms with Crippen LogP contribution in [-0.4, -0.2) is 36.4 Å². The van der Waals surface area contributed by atoms with Crippen LogP contribution in [0.5, 0.6) is 0 Å². The van der Waals surface area contributed by atoms with Crippen molar-refractivity contribution in [3.63, 3.8) is 0 Å². The van der Waals surface area contributed by atoms with Gasteiger partial charge in [0.15, 0.2) is 6.04 Å². The second-order valence-corrected chi connectivity index (χ2v) is 4.36.